The Balaban J connectivity index is 1.84. The quantitative estimate of drug-likeness (QED) is 0.408. The van der Waals surface area contributed by atoms with Gasteiger partial charge in [-0.25, -0.2) is 0 Å². The molecule has 0 saturated heterocycles. The number of anilines is 1. The first-order chi connectivity index (χ1) is 13.4. The normalized spacial score (nSPS) is 12.0. The Morgan fingerprint density at radius 1 is 1.21 bits per heavy atom. The molecule has 4 aromatic rings. The van der Waals surface area contributed by atoms with E-state index in [9.17, 15) is 0 Å². The van der Waals surface area contributed by atoms with Gasteiger partial charge in [-0.3, -0.25) is 9.67 Å². The molecular weight excluding hydrogens is 416 g/mol. The van der Waals surface area contributed by atoms with Gasteiger partial charge >= 0.3 is 0 Å². The Morgan fingerprint density at radius 2 is 2.04 bits per heavy atom. The number of benzene rings is 1. The summed E-state index contributed by atoms with van der Waals surface area (Å²) in [6.07, 6.45) is 4.99. The van der Waals surface area contributed by atoms with Gasteiger partial charge in [-0.2, -0.15) is 0 Å². The predicted molar refractivity (Wildman–Crippen MR) is 119 cm³/mol. The molecule has 0 aliphatic carbocycles. The molecular formula is C21H25BrN6. The van der Waals surface area contributed by atoms with Crippen molar-refractivity contribution in [3.8, 4) is 11.3 Å². The second-order valence-electron chi connectivity index (χ2n) is 7.93. The first kappa shape index (κ1) is 18.9. The van der Waals surface area contributed by atoms with E-state index in [0.29, 0.717) is 5.92 Å². The van der Waals surface area contributed by atoms with E-state index in [4.69, 9.17) is 4.98 Å². The molecule has 146 valence electrons. The van der Waals surface area contributed by atoms with Crippen molar-refractivity contribution in [2.24, 2.45) is 5.92 Å². The molecule has 0 bridgehead atoms. The molecule has 0 radical (unpaired) electrons. The number of aromatic nitrogens is 5. The molecule has 0 aliphatic rings. The van der Waals surface area contributed by atoms with E-state index in [1.54, 1.807) is 0 Å². The van der Waals surface area contributed by atoms with Gasteiger partial charge in [-0.1, -0.05) is 35.0 Å². The van der Waals surface area contributed by atoms with E-state index in [2.05, 4.69) is 76.4 Å². The molecule has 0 atom stereocenters. The lowest BCUT2D eigenvalue weighted by Crippen LogP contribution is -2.11. The summed E-state index contributed by atoms with van der Waals surface area (Å²) in [7, 11) is 0. The SMILES string of the molecule is CC(C)CCn1cc(-c2cnc3c([nH]c4cc(Br)ccc43)c2NC(C)C)nn1. The third kappa shape index (κ3) is 3.63. The molecule has 4 rings (SSSR count). The van der Waals surface area contributed by atoms with Crippen LogP contribution in [-0.4, -0.2) is 31.0 Å². The number of hydrogen-bond acceptors (Lipinski definition) is 4. The van der Waals surface area contributed by atoms with Gasteiger partial charge in [0.1, 0.15) is 5.69 Å². The maximum atomic E-state index is 4.76. The summed E-state index contributed by atoms with van der Waals surface area (Å²) in [6.45, 7) is 9.57. The summed E-state index contributed by atoms with van der Waals surface area (Å²) in [5.41, 5.74) is 5.83. The second-order valence-corrected chi connectivity index (χ2v) is 8.85. The number of pyridine rings is 1. The van der Waals surface area contributed by atoms with Crippen LogP contribution in [-0.2, 0) is 6.54 Å². The van der Waals surface area contributed by atoms with Crippen LogP contribution in [0.2, 0.25) is 0 Å². The van der Waals surface area contributed by atoms with Gasteiger partial charge in [0.05, 0.1) is 22.9 Å². The van der Waals surface area contributed by atoms with Crippen LogP contribution in [0.4, 0.5) is 5.69 Å². The standard InChI is InChI=1S/C21H25BrN6/c1-12(2)7-8-28-11-18(26-27-28)16-10-23-19-15-6-5-14(22)9-17(15)25-21(19)20(16)24-13(3)4/h5-6,9-13,25H,7-8H2,1-4H3,(H,23,24). The summed E-state index contributed by atoms with van der Waals surface area (Å²) >= 11 is 3.55. The fourth-order valence-corrected chi connectivity index (χ4v) is 3.71. The number of hydrogen-bond donors (Lipinski definition) is 2. The van der Waals surface area contributed by atoms with E-state index in [-0.39, 0.29) is 6.04 Å². The number of halogens is 1. The average Bonchev–Trinajstić information content (AvgIpc) is 3.24. The third-order valence-electron chi connectivity index (χ3n) is 4.76. The molecule has 6 nitrogen and oxygen atoms in total. The van der Waals surface area contributed by atoms with Gasteiger partial charge in [-0.05, 0) is 44.4 Å². The van der Waals surface area contributed by atoms with E-state index in [1.807, 2.05) is 23.1 Å². The van der Waals surface area contributed by atoms with Gasteiger partial charge in [0, 0.05) is 39.7 Å². The van der Waals surface area contributed by atoms with E-state index < -0.39 is 0 Å². The summed E-state index contributed by atoms with van der Waals surface area (Å²) in [6, 6.07) is 6.49. The Labute approximate surface area is 172 Å². The zero-order valence-corrected chi connectivity index (χ0v) is 18.2. The van der Waals surface area contributed by atoms with Crippen LogP contribution in [0, 0.1) is 5.92 Å². The minimum absolute atomic E-state index is 0.276. The second kappa shape index (κ2) is 7.54. The molecule has 0 fully saturated rings. The highest BCUT2D eigenvalue weighted by molar-refractivity contribution is 9.10. The summed E-state index contributed by atoms with van der Waals surface area (Å²) in [5, 5.41) is 13.4. The number of aryl methyl sites for hydroxylation is 1. The van der Waals surface area contributed by atoms with E-state index in [1.165, 1.54) is 0 Å². The van der Waals surface area contributed by atoms with Crippen molar-refractivity contribution in [3.63, 3.8) is 0 Å². The summed E-state index contributed by atoms with van der Waals surface area (Å²) in [4.78, 5) is 8.30. The first-order valence-corrected chi connectivity index (χ1v) is 10.5. The van der Waals surface area contributed by atoms with Gasteiger partial charge < -0.3 is 10.3 Å². The number of rotatable bonds is 6. The number of aromatic amines is 1. The first-order valence-electron chi connectivity index (χ1n) is 9.69. The molecule has 3 heterocycles. The van der Waals surface area contributed by atoms with Crippen molar-refractivity contribution in [2.75, 3.05) is 5.32 Å². The number of H-pyrrole nitrogens is 1. The van der Waals surface area contributed by atoms with Crippen LogP contribution >= 0.6 is 15.9 Å². The zero-order chi connectivity index (χ0) is 19.8. The molecule has 0 aliphatic heterocycles. The molecule has 7 heteroatoms. The molecule has 0 amide bonds. The van der Waals surface area contributed by atoms with E-state index in [0.717, 1.165) is 56.3 Å². The van der Waals surface area contributed by atoms with Crippen LogP contribution in [0.25, 0.3) is 33.2 Å². The minimum Gasteiger partial charge on any atom is -0.381 e. The highest BCUT2D eigenvalue weighted by Crippen LogP contribution is 2.36. The van der Waals surface area contributed by atoms with Gasteiger partial charge in [-0.15, -0.1) is 5.10 Å². The number of fused-ring (bicyclic) bond motifs is 3. The topological polar surface area (TPSA) is 71.4 Å². The summed E-state index contributed by atoms with van der Waals surface area (Å²) < 4.78 is 2.96. The Kier molecular flexibility index (Phi) is 5.10. The summed E-state index contributed by atoms with van der Waals surface area (Å²) in [5.74, 6) is 0.634. The van der Waals surface area contributed by atoms with Crippen molar-refractivity contribution in [1.29, 1.82) is 0 Å². The van der Waals surface area contributed by atoms with Crippen LogP contribution < -0.4 is 5.32 Å². The average molecular weight is 441 g/mol. The van der Waals surface area contributed by atoms with Gasteiger partial charge in [0.15, 0.2) is 0 Å². The smallest absolute Gasteiger partial charge is 0.116 e. The highest BCUT2D eigenvalue weighted by atomic mass is 79.9. The Bertz CT molecular complexity index is 1120. The minimum atomic E-state index is 0.276. The lowest BCUT2D eigenvalue weighted by atomic mass is 10.1. The highest BCUT2D eigenvalue weighted by Gasteiger charge is 2.18. The largest absolute Gasteiger partial charge is 0.381 e. The molecule has 28 heavy (non-hydrogen) atoms. The third-order valence-corrected chi connectivity index (χ3v) is 5.25. The molecule has 0 saturated carbocycles. The fraction of sp³-hybridized carbons (Fsp3) is 0.381. The molecule has 0 spiro atoms. The Hall–Kier alpha value is -2.41. The lowest BCUT2D eigenvalue weighted by Gasteiger charge is -2.14. The molecule has 0 unspecified atom stereocenters. The lowest BCUT2D eigenvalue weighted by molar-refractivity contribution is 0.478. The predicted octanol–water partition coefficient (Wildman–Crippen LogP) is 5.60. The number of nitrogens with one attached hydrogen (secondary N) is 2. The van der Waals surface area contributed by atoms with Crippen LogP contribution in [0.15, 0.2) is 35.1 Å². The maximum Gasteiger partial charge on any atom is 0.116 e. The van der Waals surface area contributed by atoms with Crippen molar-refractivity contribution in [2.45, 2.75) is 46.7 Å². The number of nitrogens with zero attached hydrogens (tertiary/aromatic N) is 4. The van der Waals surface area contributed by atoms with Crippen molar-refractivity contribution in [3.05, 3.63) is 35.1 Å². The fourth-order valence-electron chi connectivity index (χ4n) is 3.35. The van der Waals surface area contributed by atoms with Crippen molar-refractivity contribution in [1.82, 2.24) is 25.0 Å². The monoisotopic (exact) mass is 440 g/mol. The van der Waals surface area contributed by atoms with E-state index >= 15 is 0 Å². The molecule has 2 N–H and O–H groups in total. The Morgan fingerprint density at radius 3 is 2.79 bits per heavy atom. The van der Waals surface area contributed by atoms with Crippen molar-refractivity contribution < 1.29 is 0 Å². The van der Waals surface area contributed by atoms with Gasteiger partial charge in [0.25, 0.3) is 0 Å². The maximum absolute atomic E-state index is 4.76. The zero-order valence-electron chi connectivity index (χ0n) is 16.6. The van der Waals surface area contributed by atoms with Crippen LogP contribution in [0.1, 0.15) is 34.1 Å². The van der Waals surface area contributed by atoms with Crippen molar-refractivity contribution >= 4 is 43.6 Å². The molecule has 3 aromatic heterocycles. The van der Waals surface area contributed by atoms with Gasteiger partial charge in [0.2, 0.25) is 0 Å². The molecule has 1 aromatic carbocycles. The van der Waals surface area contributed by atoms with Crippen LogP contribution in [0.3, 0.4) is 0 Å². The van der Waals surface area contributed by atoms with Crippen LogP contribution in [0.5, 0.6) is 0 Å².